The van der Waals surface area contributed by atoms with Crippen molar-refractivity contribution in [3.63, 3.8) is 0 Å². The first kappa shape index (κ1) is 23.9. The van der Waals surface area contributed by atoms with Gasteiger partial charge in [-0.05, 0) is 0 Å². The van der Waals surface area contributed by atoms with Crippen molar-refractivity contribution in [2.45, 2.75) is 31.0 Å². The molecule has 168 valence electrons. The fraction of sp³-hybridized carbons (Fsp3) is 0.412. The molecule has 31 heavy (non-hydrogen) atoms. The summed E-state index contributed by atoms with van der Waals surface area (Å²) in [6, 6.07) is -3.43. The fourth-order valence-corrected chi connectivity index (χ4v) is 2.89. The summed E-state index contributed by atoms with van der Waals surface area (Å²) in [6.07, 6.45) is 5.70. The number of imidazole rings is 2. The van der Waals surface area contributed by atoms with E-state index < -0.39 is 41.8 Å². The summed E-state index contributed by atoms with van der Waals surface area (Å²) in [7, 11) is 0. The lowest BCUT2D eigenvalue weighted by Crippen LogP contribution is -2.57. The zero-order chi connectivity index (χ0) is 22.8. The van der Waals surface area contributed by atoms with Crippen LogP contribution in [0.5, 0.6) is 0 Å². The Bertz CT molecular complexity index is 873. The van der Waals surface area contributed by atoms with Crippen LogP contribution >= 0.6 is 12.6 Å². The van der Waals surface area contributed by atoms with Crippen molar-refractivity contribution in [2.75, 3.05) is 12.3 Å². The molecule has 0 aromatic carbocycles. The first-order valence-corrected chi connectivity index (χ1v) is 9.85. The zero-order valence-corrected chi connectivity index (χ0v) is 17.3. The van der Waals surface area contributed by atoms with E-state index in [0.717, 1.165) is 0 Å². The Morgan fingerprint density at radius 2 is 1.45 bits per heavy atom. The average molecular weight is 452 g/mol. The second-order valence-electron chi connectivity index (χ2n) is 6.53. The third kappa shape index (κ3) is 7.42. The van der Waals surface area contributed by atoms with Gasteiger partial charge >= 0.3 is 5.97 Å². The van der Waals surface area contributed by atoms with Crippen molar-refractivity contribution in [3.05, 3.63) is 36.4 Å². The number of aromatic amines is 2. The Kier molecular flexibility index (Phi) is 9.02. The van der Waals surface area contributed by atoms with Crippen molar-refractivity contribution in [1.29, 1.82) is 0 Å². The zero-order valence-electron chi connectivity index (χ0n) is 16.4. The summed E-state index contributed by atoms with van der Waals surface area (Å²) in [5.74, 6) is -3.24. The highest BCUT2D eigenvalue weighted by Gasteiger charge is 2.30. The van der Waals surface area contributed by atoms with Gasteiger partial charge in [0.1, 0.15) is 18.1 Å². The molecule has 2 rings (SSSR count). The standard InChI is InChI=1S/C17H24N8O5S/c18-3-14(26)23-13(6-31)16(28)24-11(1-9-4-19-7-21-9)15(27)25-12(17(29)30)2-10-5-20-8-22-10/h4-5,7-8,11-13,31H,1-3,6,18H2,(H,19,21)(H,20,22)(H,23,26)(H,24,28)(H,25,27)(H,29,30). The van der Waals surface area contributed by atoms with E-state index in [1.165, 1.54) is 25.0 Å². The summed E-state index contributed by atoms with van der Waals surface area (Å²) in [6.45, 7) is -0.316. The van der Waals surface area contributed by atoms with Crippen molar-refractivity contribution >= 4 is 36.3 Å². The van der Waals surface area contributed by atoms with Crippen molar-refractivity contribution < 1.29 is 24.3 Å². The molecule has 2 heterocycles. The van der Waals surface area contributed by atoms with E-state index in [2.05, 4.69) is 48.5 Å². The third-order valence-electron chi connectivity index (χ3n) is 4.23. The number of aromatic nitrogens is 4. The van der Waals surface area contributed by atoms with Crippen LogP contribution < -0.4 is 21.7 Å². The SMILES string of the molecule is NCC(=O)NC(CS)C(=O)NC(Cc1cnc[nH]1)C(=O)NC(Cc1cnc[nH]1)C(=O)O. The van der Waals surface area contributed by atoms with Crippen LogP contribution in [-0.2, 0) is 32.0 Å². The molecule has 2 aromatic rings. The largest absolute Gasteiger partial charge is 0.480 e. The highest BCUT2D eigenvalue weighted by Crippen LogP contribution is 2.04. The number of hydrogen-bond acceptors (Lipinski definition) is 8. The van der Waals surface area contributed by atoms with E-state index in [4.69, 9.17) is 5.73 Å². The van der Waals surface area contributed by atoms with Gasteiger partial charge in [-0.15, -0.1) is 0 Å². The highest BCUT2D eigenvalue weighted by molar-refractivity contribution is 7.80. The molecule has 14 heteroatoms. The van der Waals surface area contributed by atoms with Gasteiger partial charge in [-0.3, -0.25) is 14.4 Å². The van der Waals surface area contributed by atoms with Crippen LogP contribution in [0.4, 0.5) is 0 Å². The topological polar surface area (TPSA) is 208 Å². The maximum atomic E-state index is 12.9. The number of carboxylic acid groups (broad SMARTS) is 1. The van der Waals surface area contributed by atoms with Gasteiger partial charge in [0.25, 0.3) is 0 Å². The van der Waals surface area contributed by atoms with Gasteiger partial charge in [-0.2, -0.15) is 12.6 Å². The first-order valence-electron chi connectivity index (χ1n) is 9.22. The second kappa shape index (κ2) is 11.7. The van der Waals surface area contributed by atoms with Gasteiger partial charge in [0.2, 0.25) is 17.7 Å². The van der Waals surface area contributed by atoms with E-state index in [-0.39, 0.29) is 25.1 Å². The number of rotatable bonds is 12. The Morgan fingerprint density at radius 1 is 0.935 bits per heavy atom. The summed E-state index contributed by atoms with van der Waals surface area (Å²) in [5.41, 5.74) is 6.30. The van der Waals surface area contributed by atoms with Crippen molar-refractivity contribution in [1.82, 2.24) is 35.9 Å². The van der Waals surface area contributed by atoms with Crippen LogP contribution in [0.2, 0.25) is 0 Å². The number of nitrogens with one attached hydrogen (secondary N) is 5. The number of H-pyrrole nitrogens is 2. The number of aliphatic carboxylic acids is 1. The van der Waals surface area contributed by atoms with E-state index in [1.54, 1.807) is 0 Å². The number of nitrogens with two attached hydrogens (primary N) is 1. The molecule has 3 atom stereocenters. The van der Waals surface area contributed by atoms with Crippen LogP contribution in [0.25, 0.3) is 0 Å². The minimum Gasteiger partial charge on any atom is -0.480 e. The molecule has 0 aliphatic carbocycles. The molecular formula is C17H24N8O5S. The fourth-order valence-electron chi connectivity index (χ4n) is 2.63. The number of hydrogen-bond donors (Lipinski definition) is 8. The minimum atomic E-state index is -1.26. The van der Waals surface area contributed by atoms with Gasteiger partial charge < -0.3 is 36.8 Å². The number of nitrogens with zero attached hydrogens (tertiary/aromatic N) is 2. The first-order chi connectivity index (χ1) is 14.8. The summed E-state index contributed by atoms with van der Waals surface area (Å²) in [4.78, 5) is 61.9. The lowest BCUT2D eigenvalue weighted by molar-refractivity contribution is -0.142. The van der Waals surface area contributed by atoms with Crippen molar-refractivity contribution in [2.24, 2.45) is 5.73 Å². The molecule has 3 amide bonds. The summed E-state index contributed by atoms with van der Waals surface area (Å²) < 4.78 is 0. The average Bonchev–Trinajstić information content (AvgIpc) is 3.44. The summed E-state index contributed by atoms with van der Waals surface area (Å²) in [5, 5.41) is 16.8. The molecule has 0 aliphatic heterocycles. The lowest BCUT2D eigenvalue weighted by atomic mass is 10.1. The normalized spacial score (nSPS) is 13.6. The van der Waals surface area contributed by atoms with Gasteiger partial charge in [0.15, 0.2) is 0 Å². The van der Waals surface area contributed by atoms with Crippen LogP contribution in [0.15, 0.2) is 25.0 Å². The van der Waals surface area contributed by atoms with Crippen LogP contribution in [-0.4, -0.2) is 79.2 Å². The van der Waals surface area contributed by atoms with Gasteiger partial charge in [-0.25, -0.2) is 14.8 Å². The van der Waals surface area contributed by atoms with Gasteiger partial charge in [-0.1, -0.05) is 0 Å². The highest BCUT2D eigenvalue weighted by atomic mass is 32.1. The van der Waals surface area contributed by atoms with Crippen LogP contribution in [0, 0.1) is 0 Å². The molecule has 0 aliphatic rings. The Morgan fingerprint density at radius 3 is 1.90 bits per heavy atom. The number of amides is 3. The van der Waals surface area contributed by atoms with E-state index in [0.29, 0.717) is 11.4 Å². The molecule has 8 N–H and O–H groups in total. The smallest absolute Gasteiger partial charge is 0.326 e. The monoisotopic (exact) mass is 452 g/mol. The van der Waals surface area contributed by atoms with E-state index in [1.807, 2.05) is 0 Å². The molecule has 0 fully saturated rings. The molecule has 0 saturated carbocycles. The van der Waals surface area contributed by atoms with Crippen LogP contribution in [0.3, 0.4) is 0 Å². The molecule has 2 aromatic heterocycles. The molecular weight excluding hydrogens is 428 g/mol. The van der Waals surface area contributed by atoms with E-state index >= 15 is 0 Å². The number of carboxylic acids is 1. The van der Waals surface area contributed by atoms with E-state index in [9.17, 15) is 24.3 Å². The third-order valence-corrected chi connectivity index (χ3v) is 4.59. The number of carbonyl (C=O) groups excluding carboxylic acids is 3. The molecule has 0 saturated heterocycles. The molecule has 13 nitrogen and oxygen atoms in total. The second-order valence-corrected chi connectivity index (χ2v) is 6.89. The number of thiol groups is 1. The predicted octanol–water partition coefficient (Wildman–Crippen LogP) is -2.65. The Labute approximate surface area is 182 Å². The Hall–Kier alpha value is -3.39. The molecule has 0 radical (unpaired) electrons. The maximum Gasteiger partial charge on any atom is 0.326 e. The Balaban J connectivity index is 2.13. The van der Waals surface area contributed by atoms with Gasteiger partial charge in [0.05, 0.1) is 19.2 Å². The molecule has 0 spiro atoms. The van der Waals surface area contributed by atoms with Crippen LogP contribution in [0.1, 0.15) is 11.4 Å². The van der Waals surface area contributed by atoms with Gasteiger partial charge in [0, 0.05) is 42.4 Å². The number of carbonyl (C=O) groups is 4. The molecule has 3 unspecified atom stereocenters. The lowest BCUT2D eigenvalue weighted by Gasteiger charge is -2.23. The maximum absolute atomic E-state index is 12.9. The van der Waals surface area contributed by atoms with Crippen molar-refractivity contribution in [3.8, 4) is 0 Å². The quantitative estimate of drug-likeness (QED) is 0.159. The predicted molar refractivity (Wildman–Crippen MR) is 111 cm³/mol. The summed E-state index contributed by atoms with van der Waals surface area (Å²) >= 11 is 4.04. The minimum absolute atomic E-state index is 0.0120. The molecule has 0 bridgehead atoms.